The standard InChI is InChI=1S/C11H22N2O2.C4H13N3/c1-8(14)12-9-6-10(2,3)13(15)11(4,5)7-9;5-1-3-7-4-2-6/h9,15H,6-7H2,1-5H3,(H,12,14);7H,1-6H2. The van der Waals surface area contributed by atoms with Crippen LogP contribution in [0.15, 0.2) is 0 Å². The molecule has 1 fully saturated rings. The third kappa shape index (κ3) is 7.51. The quantitative estimate of drug-likeness (QED) is 0.457. The molecular formula is C15H35N5O2. The molecule has 1 aliphatic heterocycles. The fourth-order valence-electron chi connectivity index (χ4n) is 2.99. The number of hydrogen-bond donors (Lipinski definition) is 5. The van der Waals surface area contributed by atoms with E-state index in [0.29, 0.717) is 13.1 Å². The van der Waals surface area contributed by atoms with Crippen LogP contribution in [-0.4, -0.2) is 59.5 Å². The van der Waals surface area contributed by atoms with Crippen LogP contribution in [-0.2, 0) is 4.79 Å². The van der Waals surface area contributed by atoms with E-state index >= 15 is 0 Å². The van der Waals surface area contributed by atoms with Gasteiger partial charge in [-0.3, -0.25) is 4.79 Å². The van der Waals surface area contributed by atoms with Crippen LogP contribution in [0.1, 0.15) is 47.5 Å². The third-order valence-corrected chi connectivity index (χ3v) is 3.69. The molecule has 7 N–H and O–H groups in total. The van der Waals surface area contributed by atoms with Gasteiger partial charge < -0.3 is 27.3 Å². The lowest BCUT2D eigenvalue weighted by molar-refractivity contribution is -0.246. The van der Waals surface area contributed by atoms with Crippen LogP contribution in [0.5, 0.6) is 0 Å². The van der Waals surface area contributed by atoms with Crippen molar-refractivity contribution >= 4 is 5.91 Å². The van der Waals surface area contributed by atoms with Crippen LogP contribution in [0, 0.1) is 0 Å². The molecule has 132 valence electrons. The molecular weight excluding hydrogens is 282 g/mol. The minimum atomic E-state index is -0.297. The number of hydroxylamine groups is 2. The summed E-state index contributed by atoms with van der Waals surface area (Å²) < 4.78 is 0. The van der Waals surface area contributed by atoms with Crippen LogP contribution in [0.3, 0.4) is 0 Å². The highest BCUT2D eigenvalue weighted by molar-refractivity contribution is 5.73. The molecule has 0 spiro atoms. The molecule has 0 radical (unpaired) electrons. The van der Waals surface area contributed by atoms with Crippen molar-refractivity contribution in [2.45, 2.75) is 64.6 Å². The monoisotopic (exact) mass is 317 g/mol. The normalized spacial score (nSPS) is 20.9. The van der Waals surface area contributed by atoms with Crippen molar-refractivity contribution < 1.29 is 10.0 Å². The van der Waals surface area contributed by atoms with Crippen molar-refractivity contribution in [3.8, 4) is 0 Å². The molecule has 0 aliphatic carbocycles. The van der Waals surface area contributed by atoms with E-state index in [0.717, 1.165) is 25.9 Å². The summed E-state index contributed by atoms with van der Waals surface area (Å²) in [5, 5.41) is 17.4. The van der Waals surface area contributed by atoms with Gasteiger partial charge in [0.2, 0.25) is 5.91 Å². The van der Waals surface area contributed by atoms with Gasteiger partial charge in [-0.15, -0.1) is 0 Å². The van der Waals surface area contributed by atoms with E-state index in [4.69, 9.17) is 11.5 Å². The SMILES string of the molecule is CC(=O)NC1CC(C)(C)N(O)C(C)(C)C1.NCCNCCN. The Labute approximate surface area is 134 Å². The van der Waals surface area contributed by atoms with Gasteiger partial charge in [-0.1, -0.05) is 0 Å². The largest absolute Gasteiger partial charge is 0.353 e. The Kier molecular flexibility index (Phi) is 9.11. The van der Waals surface area contributed by atoms with Crippen molar-refractivity contribution in [3.05, 3.63) is 0 Å². The van der Waals surface area contributed by atoms with E-state index in [1.807, 2.05) is 27.7 Å². The zero-order chi connectivity index (χ0) is 17.4. The molecule has 0 aromatic carbocycles. The molecule has 1 heterocycles. The number of carbonyl (C=O) groups is 1. The smallest absolute Gasteiger partial charge is 0.217 e. The molecule has 7 nitrogen and oxygen atoms in total. The predicted molar refractivity (Wildman–Crippen MR) is 89.6 cm³/mol. The zero-order valence-corrected chi connectivity index (χ0v) is 14.8. The minimum Gasteiger partial charge on any atom is -0.353 e. The number of carbonyl (C=O) groups excluding carboxylic acids is 1. The summed E-state index contributed by atoms with van der Waals surface area (Å²) in [5.41, 5.74) is 9.74. The van der Waals surface area contributed by atoms with E-state index in [1.54, 1.807) is 0 Å². The van der Waals surface area contributed by atoms with Crippen LogP contribution >= 0.6 is 0 Å². The number of amides is 1. The molecule has 1 saturated heterocycles. The summed E-state index contributed by atoms with van der Waals surface area (Å²) in [6, 6.07) is 0.149. The van der Waals surface area contributed by atoms with Crippen LogP contribution in [0.2, 0.25) is 0 Å². The summed E-state index contributed by atoms with van der Waals surface area (Å²) in [6.07, 6.45) is 1.54. The average Bonchev–Trinajstić information content (AvgIpc) is 2.36. The van der Waals surface area contributed by atoms with Crippen molar-refractivity contribution in [1.82, 2.24) is 15.7 Å². The van der Waals surface area contributed by atoms with Gasteiger partial charge in [0.1, 0.15) is 0 Å². The maximum atomic E-state index is 11.0. The van der Waals surface area contributed by atoms with E-state index < -0.39 is 0 Å². The topological polar surface area (TPSA) is 117 Å². The van der Waals surface area contributed by atoms with E-state index in [2.05, 4.69) is 10.6 Å². The molecule has 0 bridgehead atoms. The molecule has 0 saturated carbocycles. The maximum absolute atomic E-state index is 11.0. The minimum absolute atomic E-state index is 0.00186. The fourth-order valence-corrected chi connectivity index (χ4v) is 2.99. The summed E-state index contributed by atoms with van der Waals surface area (Å²) in [5.74, 6) is -0.00186. The number of rotatable bonds is 5. The van der Waals surface area contributed by atoms with Crippen molar-refractivity contribution in [2.24, 2.45) is 11.5 Å². The fraction of sp³-hybridized carbons (Fsp3) is 0.933. The Morgan fingerprint density at radius 3 is 1.86 bits per heavy atom. The zero-order valence-electron chi connectivity index (χ0n) is 14.8. The third-order valence-electron chi connectivity index (χ3n) is 3.69. The lowest BCUT2D eigenvalue weighted by Crippen LogP contribution is -2.62. The summed E-state index contributed by atoms with van der Waals surface area (Å²) >= 11 is 0. The van der Waals surface area contributed by atoms with Crippen LogP contribution < -0.4 is 22.1 Å². The second-order valence-electron chi connectivity index (χ2n) is 7.07. The molecule has 0 aromatic heterocycles. The van der Waals surface area contributed by atoms with E-state index in [-0.39, 0.29) is 23.0 Å². The summed E-state index contributed by atoms with van der Waals surface area (Å²) in [7, 11) is 0. The van der Waals surface area contributed by atoms with Gasteiger partial charge >= 0.3 is 0 Å². The first kappa shape index (κ1) is 21.3. The molecule has 1 amide bonds. The Morgan fingerprint density at radius 1 is 1.14 bits per heavy atom. The molecule has 0 unspecified atom stereocenters. The number of piperidine rings is 1. The average molecular weight is 317 g/mol. The Bertz CT molecular complexity index is 312. The molecule has 1 rings (SSSR count). The van der Waals surface area contributed by atoms with Gasteiger partial charge in [0, 0.05) is 50.2 Å². The lowest BCUT2D eigenvalue weighted by Gasteiger charge is -2.51. The van der Waals surface area contributed by atoms with Crippen LogP contribution in [0.25, 0.3) is 0 Å². The van der Waals surface area contributed by atoms with Crippen molar-refractivity contribution in [3.63, 3.8) is 0 Å². The Hall–Kier alpha value is -0.730. The lowest BCUT2D eigenvalue weighted by atomic mass is 9.79. The second kappa shape index (κ2) is 9.42. The second-order valence-corrected chi connectivity index (χ2v) is 7.07. The number of nitrogens with zero attached hydrogens (tertiary/aromatic N) is 1. The van der Waals surface area contributed by atoms with Gasteiger partial charge in [0.25, 0.3) is 0 Å². The number of nitrogens with one attached hydrogen (secondary N) is 2. The summed E-state index contributed by atoms with van der Waals surface area (Å²) in [6.45, 7) is 12.6. The van der Waals surface area contributed by atoms with Crippen molar-refractivity contribution in [2.75, 3.05) is 26.2 Å². The highest BCUT2D eigenvalue weighted by atomic mass is 16.5. The first-order valence-corrected chi connectivity index (χ1v) is 7.94. The van der Waals surface area contributed by atoms with Gasteiger partial charge in [-0.2, -0.15) is 5.06 Å². The predicted octanol–water partition coefficient (Wildman–Crippen LogP) is 0.0267. The van der Waals surface area contributed by atoms with Gasteiger partial charge in [-0.05, 0) is 40.5 Å². The van der Waals surface area contributed by atoms with E-state index in [1.165, 1.54) is 12.0 Å². The van der Waals surface area contributed by atoms with E-state index in [9.17, 15) is 10.0 Å². The highest BCUT2D eigenvalue weighted by Crippen LogP contribution is 2.36. The van der Waals surface area contributed by atoms with Crippen molar-refractivity contribution in [1.29, 1.82) is 0 Å². The molecule has 1 aliphatic rings. The first-order chi connectivity index (χ1) is 10.1. The van der Waals surface area contributed by atoms with Gasteiger partial charge in [-0.25, -0.2) is 0 Å². The van der Waals surface area contributed by atoms with Gasteiger partial charge in [0.15, 0.2) is 0 Å². The molecule has 7 heteroatoms. The highest BCUT2D eigenvalue weighted by Gasteiger charge is 2.45. The maximum Gasteiger partial charge on any atom is 0.217 e. The first-order valence-electron chi connectivity index (χ1n) is 7.94. The van der Waals surface area contributed by atoms with Gasteiger partial charge in [0.05, 0.1) is 0 Å². The number of nitrogens with two attached hydrogens (primary N) is 2. The Balaban J connectivity index is 0.000000534. The summed E-state index contributed by atoms with van der Waals surface area (Å²) in [4.78, 5) is 11.0. The number of hydrogen-bond acceptors (Lipinski definition) is 6. The molecule has 22 heavy (non-hydrogen) atoms. The van der Waals surface area contributed by atoms with Crippen LogP contribution in [0.4, 0.5) is 0 Å². The Morgan fingerprint density at radius 2 is 1.55 bits per heavy atom. The molecule has 0 aromatic rings. The molecule has 0 atom stereocenters.